The van der Waals surface area contributed by atoms with Crippen LogP contribution in [0, 0.1) is 17.0 Å². The average Bonchev–Trinajstić information content (AvgIpc) is 2.31. The van der Waals surface area contributed by atoms with Gasteiger partial charge in [0.25, 0.3) is 0 Å². The summed E-state index contributed by atoms with van der Waals surface area (Å²) < 4.78 is 26.5. The van der Waals surface area contributed by atoms with Crippen LogP contribution in [0.4, 0.5) is 8.78 Å². The molecule has 0 saturated carbocycles. The number of aryl methyl sites for hydroxylation is 1. The third-order valence-corrected chi connectivity index (χ3v) is 3.31. The Bertz CT molecular complexity index is 375. The van der Waals surface area contributed by atoms with E-state index >= 15 is 0 Å². The van der Waals surface area contributed by atoms with Crippen LogP contribution in [0.3, 0.4) is 0 Å². The monoisotopic (exact) mass is 255 g/mol. The maximum Gasteiger partial charge on any atom is 0.126 e. The van der Waals surface area contributed by atoms with Crippen LogP contribution in [0.2, 0.25) is 0 Å². The summed E-state index contributed by atoms with van der Waals surface area (Å²) in [4.78, 5) is 0. The molecule has 0 aliphatic heterocycles. The summed E-state index contributed by atoms with van der Waals surface area (Å²) >= 11 is 0. The zero-order valence-electron chi connectivity index (χ0n) is 11.5. The molecule has 0 amide bonds. The number of hydrogen-bond donors (Lipinski definition) is 1. The normalized spacial score (nSPS) is 11.8. The summed E-state index contributed by atoms with van der Waals surface area (Å²) in [6.45, 7) is 8.35. The van der Waals surface area contributed by atoms with Crippen molar-refractivity contribution in [1.82, 2.24) is 5.32 Å². The predicted molar refractivity (Wildman–Crippen MR) is 71.6 cm³/mol. The molecule has 3 heteroatoms. The molecule has 1 nitrogen and oxygen atoms in total. The van der Waals surface area contributed by atoms with Crippen molar-refractivity contribution < 1.29 is 8.78 Å². The Balaban J connectivity index is 2.50. The summed E-state index contributed by atoms with van der Waals surface area (Å²) in [6, 6.07) is 3.67. The first-order valence-electron chi connectivity index (χ1n) is 6.59. The molecule has 0 fully saturated rings. The minimum Gasteiger partial charge on any atom is -0.317 e. The van der Waals surface area contributed by atoms with E-state index in [2.05, 4.69) is 26.1 Å². The fourth-order valence-electron chi connectivity index (χ4n) is 1.94. The van der Waals surface area contributed by atoms with Gasteiger partial charge >= 0.3 is 0 Å². The van der Waals surface area contributed by atoms with Gasteiger partial charge in [0.05, 0.1) is 0 Å². The molecule has 0 spiro atoms. The van der Waals surface area contributed by atoms with E-state index in [0.29, 0.717) is 12.0 Å². The second-order valence-corrected chi connectivity index (χ2v) is 5.50. The highest BCUT2D eigenvalue weighted by molar-refractivity contribution is 5.18. The van der Waals surface area contributed by atoms with Crippen molar-refractivity contribution in [3.8, 4) is 0 Å². The molecule has 0 bridgehead atoms. The molecule has 0 heterocycles. The molecule has 0 atom stereocenters. The predicted octanol–water partition coefficient (Wildman–Crippen LogP) is 3.92. The van der Waals surface area contributed by atoms with Crippen molar-refractivity contribution >= 4 is 0 Å². The maximum atomic E-state index is 13.5. The lowest BCUT2D eigenvalue weighted by atomic mass is 9.83. The first-order chi connectivity index (χ1) is 8.44. The number of hydrogen-bond acceptors (Lipinski definition) is 1. The number of halogens is 2. The van der Waals surface area contributed by atoms with E-state index in [4.69, 9.17) is 0 Å². The molecular weight excluding hydrogens is 232 g/mol. The maximum absolute atomic E-state index is 13.5. The first kappa shape index (κ1) is 15.1. The minimum atomic E-state index is -0.364. The van der Waals surface area contributed by atoms with Crippen LogP contribution in [0.1, 0.15) is 39.2 Å². The zero-order valence-corrected chi connectivity index (χ0v) is 11.5. The van der Waals surface area contributed by atoms with E-state index in [0.717, 1.165) is 32.0 Å². The van der Waals surface area contributed by atoms with Gasteiger partial charge in [-0.25, -0.2) is 8.78 Å². The lowest BCUT2D eigenvalue weighted by Gasteiger charge is -2.24. The first-order valence-corrected chi connectivity index (χ1v) is 6.59. The third kappa shape index (κ3) is 5.13. The molecule has 0 saturated heterocycles. The topological polar surface area (TPSA) is 12.0 Å². The summed E-state index contributed by atoms with van der Waals surface area (Å²) in [7, 11) is 0. The van der Waals surface area contributed by atoms with Crippen LogP contribution in [0.15, 0.2) is 18.2 Å². The van der Waals surface area contributed by atoms with Gasteiger partial charge in [-0.05, 0) is 61.5 Å². The Kier molecular flexibility index (Phi) is 5.73. The molecule has 102 valence electrons. The lowest BCUT2D eigenvalue weighted by molar-refractivity contribution is 0.302. The molecule has 18 heavy (non-hydrogen) atoms. The number of nitrogens with one attached hydrogen (secondary N) is 1. The van der Waals surface area contributed by atoms with Crippen LogP contribution in [-0.2, 0) is 6.42 Å². The Labute approximate surface area is 109 Å². The molecule has 1 rings (SSSR count). The van der Waals surface area contributed by atoms with E-state index in [1.165, 1.54) is 12.1 Å². The highest BCUT2D eigenvalue weighted by atomic mass is 19.1. The lowest BCUT2D eigenvalue weighted by Crippen LogP contribution is -2.22. The second-order valence-electron chi connectivity index (χ2n) is 5.50. The summed E-state index contributed by atoms with van der Waals surface area (Å²) in [5.74, 6) is -0.671. The molecule has 0 aliphatic rings. The van der Waals surface area contributed by atoms with Gasteiger partial charge in [0, 0.05) is 0 Å². The Morgan fingerprint density at radius 3 is 2.56 bits per heavy atom. The summed E-state index contributed by atoms with van der Waals surface area (Å²) in [5.41, 5.74) is 0.618. The third-order valence-electron chi connectivity index (χ3n) is 3.31. The number of rotatable bonds is 7. The van der Waals surface area contributed by atoms with Gasteiger partial charge in [-0.15, -0.1) is 0 Å². The van der Waals surface area contributed by atoms with Gasteiger partial charge in [0.1, 0.15) is 11.6 Å². The van der Waals surface area contributed by atoms with Crippen LogP contribution in [0.5, 0.6) is 0 Å². The molecule has 0 unspecified atom stereocenters. The molecule has 0 aliphatic carbocycles. The standard InChI is InChI=1S/C15H23F2N/c1-4-18-10-9-15(2,3)8-7-12-11-13(16)5-6-14(12)17/h5-6,11,18H,4,7-10H2,1-3H3. The quantitative estimate of drug-likeness (QED) is 0.728. The van der Waals surface area contributed by atoms with Crippen LogP contribution < -0.4 is 5.32 Å². The molecular formula is C15H23F2N. The van der Waals surface area contributed by atoms with Crippen molar-refractivity contribution in [3.05, 3.63) is 35.4 Å². The van der Waals surface area contributed by atoms with Crippen molar-refractivity contribution in [2.24, 2.45) is 5.41 Å². The number of benzene rings is 1. The smallest absolute Gasteiger partial charge is 0.126 e. The summed E-state index contributed by atoms with van der Waals surface area (Å²) in [6.07, 6.45) is 2.49. The van der Waals surface area contributed by atoms with Gasteiger partial charge in [0.15, 0.2) is 0 Å². The molecule has 0 aromatic heterocycles. The van der Waals surface area contributed by atoms with E-state index in [1.807, 2.05) is 0 Å². The fraction of sp³-hybridized carbons (Fsp3) is 0.600. The van der Waals surface area contributed by atoms with Crippen molar-refractivity contribution in [3.63, 3.8) is 0 Å². The van der Waals surface area contributed by atoms with Crippen LogP contribution in [-0.4, -0.2) is 13.1 Å². The van der Waals surface area contributed by atoms with E-state index in [9.17, 15) is 8.78 Å². The van der Waals surface area contributed by atoms with Gasteiger partial charge in [-0.3, -0.25) is 0 Å². The highest BCUT2D eigenvalue weighted by Crippen LogP contribution is 2.27. The summed E-state index contributed by atoms with van der Waals surface area (Å²) in [5, 5.41) is 3.29. The van der Waals surface area contributed by atoms with E-state index < -0.39 is 0 Å². The van der Waals surface area contributed by atoms with E-state index in [1.54, 1.807) is 0 Å². The molecule has 1 aromatic rings. The Hall–Kier alpha value is -0.960. The van der Waals surface area contributed by atoms with Gasteiger partial charge in [-0.2, -0.15) is 0 Å². The SMILES string of the molecule is CCNCCC(C)(C)CCc1cc(F)ccc1F. The van der Waals surface area contributed by atoms with Crippen molar-refractivity contribution in [2.75, 3.05) is 13.1 Å². The molecule has 0 radical (unpaired) electrons. The second kappa shape index (κ2) is 6.83. The highest BCUT2D eigenvalue weighted by Gasteiger charge is 2.18. The van der Waals surface area contributed by atoms with Crippen molar-refractivity contribution in [1.29, 1.82) is 0 Å². The zero-order chi connectivity index (χ0) is 13.6. The van der Waals surface area contributed by atoms with E-state index in [-0.39, 0.29) is 17.0 Å². The van der Waals surface area contributed by atoms with Crippen LogP contribution >= 0.6 is 0 Å². The van der Waals surface area contributed by atoms with Gasteiger partial charge in [-0.1, -0.05) is 20.8 Å². The molecule has 1 N–H and O–H groups in total. The van der Waals surface area contributed by atoms with Crippen LogP contribution in [0.25, 0.3) is 0 Å². The minimum absolute atomic E-state index is 0.140. The Morgan fingerprint density at radius 2 is 1.89 bits per heavy atom. The average molecular weight is 255 g/mol. The van der Waals surface area contributed by atoms with Gasteiger partial charge < -0.3 is 5.32 Å². The fourth-order valence-corrected chi connectivity index (χ4v) is 1.94. The van der Waals surface area contributed by atoms with Crippen molar-refractivity contribution in [2.45, 2.75) is 40.0 Å². The molecule has 1 aromatic carbocycles. The van der Waals surface area contributed by atoms with Gasteiger partial charge in [0.2, 0.25) is 0 Å². The largest absolute Gasteiger partial charge is 0.317 e. The Morgan fingerprint density at radius 1 is 1.17 bits per heavy atom.